The van der Waals surface area contributed by atoms with Gasteiger partial charge in [-0.25, -0.2) is 13.5 Å². The van der Waals surface area contributed by atoms with Gasteiger partial charge in [-0.05, 0) is 34.2 Å². The number of rotatable bonds is 3. The second-order valence-electron chi connectivity index (χ2n) is 4.34. The minimum Gasteiger partial charge on any atom is -0.436 e. The summed E-state index contributed by atoms with van der Waals surface area (Å²) in [6.45, 7) is 1.09. The highest BCUT2D eigenvalue weighted by Gasteiger charge is 2.19. The van der Waals surface area contributed by atoms with Crippen LogP contribution in [0.2, 0.25) is 0 Å². The largest absolute Gasteiger partial charge is 0.436 e. The van der Waals surface area contributed by atoms with Crippen molar-refractivity contribution in [3.8, 4) is 11.6 Å². The zero-order valence-electron chi connectivity index (χ0n) is 11.0. The van der Waals surface area contributed by atoms with E-state index in [2.05, 4.69) is 23.9 Å². The predicted octanol–water partition coefficient (Wildman–Crippen LogP) is 4.70. The van der Waals surface area contributed by atoms with Gasteiger partial charge < -0.3 is 9.26 Å². The van der Waals surface area contributed by atoms with E-state index in [9.17, 15) is 13.2 Å². The van der Waals surface area contributed by atoms with Gasteiger partial charge in [0.15, 0.2) is 17.2 Å². The highest BCUT2D eigenvalue weighted by atomic mass is 31.0. The fourth-order valence-electron chi connectivity index (χ4n) is 1.83. The van der Waals surface area contributed by atoms with Crippen molar-refractivity contribution in [2.24, 2.45) is 4.74 Å². The van der Waals surface area contributed by atoms with Crippen molar-refractivity contribution in [1.29, 1.82) is 0 Å². The topological polar surface area (TPSA) is 60.5 Å². The highest BCUT2D eigenvalue weighted by Crippen LogP contribution is 2.32. The summed E-state index contributed by atoms with van der Waals surface area (Å²) < 4.78 is 54.2. The van der Waals surface area contributed by atoms with Gasteiger partial charge in [-0.15, -0.1) is 0 Å². The zero-order valence-corrected chi connectivity index (χ0v) is 12.0. The van der Waals surface area contributed by atoms with E-state index in [1.165, 1.54) is 18.2 Å². The molecule has 0 radical (unpaired) electrons. The van der Waals surface area contributed by atoms with Crippen LogP contribution in [0, 0.1) is 24.5 Å². The van der Waals surface area contributed by atoms with E-state index in [-0.39, 0.29) is 11.6 Å². The third kappa shape index (κ3) is 2.31. The smallest absolute Gasteiger partial charge is 0.259 e. The third-order valence-electron chi connectivity index (χ3n) is 2.97. The molecule has 0 saturated heterocycles. The van der Waals surface area contributed by atoms with Crippen molar-refractivity contribution < 1.29 is 22.4 Å². The molecule has 2 heterocycles. The predicted molar refractivity (Wildman–Crippen MR) is 73.3 cm³/mol. The van der Waals surface area contributed by atoms with Gasteiger partial charge in [0.05, 0.1) is 5.39 Å². The lowest BCUT2D eigenvalue weighted by Gasteiger charge is -2.08. The summed E-state index contributed by atoms with van der Waals surface area (Å²) in [6, 6.07) is 4.43. The minimum atomic E-state index is -1.43. The molecule has 112 valence electrons. The van der Waals surface area contributed by atoms with Crippen LogP contribution in [0.3, 0.4) is 0 Å². The fraction of sp³-hybridized carbons (Fsp3) is 0.0769. The lowest BCUT2D eigenvalue weighted by molar-refractivity contribution is 0.382. The number of pyridine rings is 1. The first-order valence-corrected chi connectivity index (χ1v) is 6.42. The maximum atomic E-state index is 13.9. The normalized spacial score (nSPS) is 10.9. The first-order valence-electron chi connectivity index (χ1n) is 5.97. The molecule has 0 N–H and O–H groups in total. The van der Waals surface area contributed by atoms with E-state index in [1.54, 1.807) is 0 Å². The molecule has 0 bridgehead atoms. The standard InChI is InChI=1S/C13H7F3N3O2P/c1-5-9(14)11(16)17-13(10(5)15)20-6-2-3-8-7(4-6)12(19-22)18-21-8/h2-4,22H,1H3. The Kier molecular flexibility index (Phi) is 3.54. The van der Waals surface area contributed by atoms with E-state index in [4.69, 9.17) is 9.26 Å². The lowest BCUT2D eigenvalue weighted by atomic mass is 10.2. The Morgan fingerprint density at radius 2 is 2.00 bits per heavy atom. The van der Waals surface area contributed by atoms with Crippen molar-refractivity contribution >= 4 is 25.8 Å². The quantitative estimate of drug-likeness (QED) is 0.517. The number of aromatic nitrogens is 2. The molecular weight excluding hydrogens is 318 g/mol. The van der Waals surface area contributed by atoms with Crippen LogP contribution < -0.4 is 4.74 Å². The number of fused-ring (bicyclic) bond motifs is 1. The molecule has 0 aliphatic carbocycles. The number of hydrogen-bond donors (Lipinski definition) is 0. The van der Waals surface area contributed by atoms with E-state index in [0.29, 0.717) is 11.0 Å². The van der Waals surface area contributed by atoms with E-state index in [1.807, 2.05) is 0 Å². The minimum absolute atomic E-state index is 0.143. The van der Waals surface area contributed by atoms with Crippen LogP contribution in [0.25, 0.3) is 11.0 Å². The Hall–Kier alpha value is -2.47. The second-order valence-corrected chi connectivity index (χ2v) is 4.56. The van der Waals surface area contributed by atoms with Crippen molar-refractivity contribution in [2.75, 3.05) is 0 Å². The highest BCUT2D eigenvalue weighted by molar-refractivity contribution is 7.04. The molecule has 0 spiro atoms. The molecule has 0 saturated carbocycles. The average Bonchev–Trinajstić information content (AvgIpc) is 2.93. The van der Waals surface area contributed by atoms with Crippen LogP contribution in [0.15, 0.2) is 27.5 Å². The third-order valence-corrected chi connectivity index (χ3v) is 3.18. The maximum absolute atomic E-state index is 13.9. The van der Waals surface area contributed by atoms with Gasteiger partial charge in [0.25, 0.3) is 11.8 Å². The van der Waals surface area contributed by atoms with Crippen LogP contribution >= 0.6 is 9.03 Å². The average molecular weight is 325 g/mol. The summed E-state index contributed by atoms with van der Waals surface area (Å²) in [5.41, 5.74) is -0.0800. The summed E-state index contributed by atoms with van der Waals surface area (Å²) in [5, 5.41) is 4.17. The Bertz CT molecular complexity index is 898. The van der Waals surface area contributed by atoms with Gasteiger partial charge in [0, 0.05) is 5.56 Å². The SMILES string of the molecule is Cc1c(F)c(F)nc(Oc2ccc3onc(N=P)c3c2)c1F. The van der Waals surface area contributed by atoms with Crippen LogP contribution in [0.5, 0.6) is 11.6 Å². The molecule has 9 heteroatoms. The van der Waals surface area contributed by atoms with Gasteiger partial charge in [0.1, 0.15) is 5.75 Å². The summed E-state index contributed by atoms with van der Waals surface area (Å²) in [7, 11) is 2.94. The molecule has 0 amide bonds. The monoisotopic (exact) mass is 325 g/mol. The molecule has 0 aliphatic heterocycles. The second kappa shape index (κ2) is 5.38. The Balaban J connectivity index is 2.05. The van der Waals surface area contributed by atoms with Crippen molar-refractivity contribution in [3.63, 3.8) is 0 Å². The Labute approximate surface area is 124 Å². The number of hydrogen-bond acceptors (Lipinski definition) is 5. The molecule has 0 atom stereocenters. The Morgan fingerprint density at radius 3 is 2.73 bits per heavy atom. The van der Waals surface area contributed by atoms with E-state index in [0.717, 1.165) is 6.92 Å². The van der Waals surface area contributed by atoms with Crippen molar-refractivity contribution in [3.05, 3.63) is 41.3 Å². The molecule has 5 nitrogen and oxygen atoms in total. The first kappa shape index (κ1) is 14.5. The molecule has 0 fully saturated rings. The summed E-state index contributed by atoms with van der Waals surface area (Å²) >= 11 is 0. The molecule has 22 heavy (non-hydrogen) atoms. The van der Waals surface area contributed by atoms with Gasteiger partial charge >= 0.3 is 0 Å². The summed E-state index contributed by atoms with van der Waals surface area (Å²) in [4.78, 5) is 3.13. The maximum Gasteiger partial charge on any atom is 0.259 e. The number of benzene rings is 1. The first-order chi connectivity index (χ1) is 10.5. The van der Waals surface area contributed by atoms with Gasteiger partial charge in [-0.3, -0.25) is 0 Å². The molecule has 3 rings (SSSR count). The molecule has 0 unspecified atom stereocenters. The van der Waals surface area contributed by atoms with Crippen LogP contribution in [-0.2, 0) is 0 Å². The van der Waals surface area contributed by atoms with Gasteiger partial charge in [0.2, 0.25) is 5.82 Å². The number of halogens is 3. The molecule has 1 aromatic carbocycles. The molecule has 3 aromatic rings. The van der Waals surface area contributed by atoms with E-state index >= 15 is 0 Å². The summed E-state index contributed by atoms with van der Waals surface area (Å²) in [5.74, 6) is -4.12. The van der Waals surface area contributed by atoms with Gasteiger partial charge in [-0.1, -0.05) is 5.16 Å². The fourth-order valence-corrected chi connectivity index (χ4v) is 1.99. The molecular formula is C13H7F3N3O2P. The van der Waals surface area contributed by atoms with E-state index < -0.39 is 29.0 Å². The Morgan fingerprint density at radius 1 is 1.23 bits per heavy atom. The van der Waals surface area contributed by atoms with Crippen LogP contribution in [-0.4, -0.2) is 10.1 Å². The van der Waals surface area contributed by atoms with Crippen molar-refractivity contribution in [2.45, 2.75) is 6.92 Å². The zero-order chi connectivity index (χ0) is 15.9. The summed E-state index contributed by atoms with van der Waals surface area (Å²) in [6.07, 6.45) is 0. The number of ether oxygens (including phenoxy) is 1. The van der Waals surface area contributed by atoms with Crippen molar-refractivity contribution in [1.82, 2.24) is 10.1 Å². The van der Waals surface area contributed by atoms with Crippen LogP contribution in [0.1, 0.15) is 5.56 Å². The van der Waals surface area contributed by atoms with Gasteiger partial charge in [-0.2, -0.15) is 9.37 Å². The molecule has 0 aliphatic rings. The number of nitrogens with zero attached hydrogens (tertiary/aromatic N) is 3. The molecule has 2 aromatic heterocycles. The lowest BCUT2D eigenvalue weighted by Crippen LogP contribution is -2.02. The van der Waals surface area contributed by atoms with Crippen LogP contribution in [0.4, 0.5) is 19.0 Å².